The molecule has 0 heterocycles. The molecular weight excluding hydrogens is 415 g/mol. The summed E-state index contributed by atoms with van der Waals surface area (Å²) in [6.07, 6.45) is -3.27. The van der Waals surface area contributed by atoms with Crippen LogP contribution in [0.4, 0.5) is 13.2 Å². The van der Waals surface area contributed by atoms with E-state index in [1.807, 2.05) is 0 Å². The fourth-order valence-corrected chi connectivity index (χ4v) is 2.22. The summed E-state index contributed by atoms with van der Waals surface area (Å²) in [6.45, 7) is -0.511. The number of hydrazone groups is 1. The number of carbonyl (C=O) groups excluding carboxylic acids is 2. The standard InChI is InChI=1S/C17H13BrF3N3O2/c18-12-7-5-11(6-8-12)9-23-24-15(25)10-22-16(26)13-3-1-2-4-14(13)17(19,20)21/h1-9H,10H2,(H,22,26)(H,24,25). The molecule has 2 rings (SSSR count). The van der Waals surface area contributed by atoms with Crippen molar-refractivity contribution < 1.29 is 22.8 Å². The zero-order chi connectivity index (χ0) is 19.2. The van der Waals surface area contributed by atoms with Crippen LogP contribution in [0.15, 0.2) is 58.1 Å². The minimum atomic E-state index is -4.66. The Labute approximate surface area is 155 Å². The molecule has 2 aromatic carbocycles. The average molecular weight is 428 g/mol. The van der Waals surface area contributed by atoms with Gasteiger partial charge in [0.2, 0.25) is 0 Å². The minimum Gasteiger partial charge on any atom is -0.343 e. The quantitative estimate of drug-likeness (QED) is 0.567. The van der Waals surface area contributed by atoms with Crippen LogP contribution < -0.4 is 10.7 Å². The van der Waals surface area contributed by atoms with Gasteiger partial charge in [0.25, 0.3) is 11.8 Å². The van der Waals surface area contributed by atoms with E-state index in [4.69, 9.17) is 0 Å². The molecule has 136 valence electrons. The molecule has 5 nitrogen and oxygen atoms in total. The third-order valence-corrected chi connectivity index (χ3v) is 3.69. The SMILES string of the molecule is O=C(CNC(=O)c1ccccc1C(F)(F)F)NN=Cc1ccc(Br)cc1. The summed E-state index contributed by atoms with van der Waals surface area (Å²) < 4.78 is 39.5. The number of amides is 2. The molecule has 0 bridgehead atoms. The molecule has 2 amide bonds. The molecule has 9 heteroatoms. The van der Waals surface area contributed by atoms with Crippen molar-refractivity contribution in [1.29, 1.82) is 0 Å². The van der Waals surface area contributed by atoms with Crippen LogP contribution in [-0.2, 0) is 11.0 Å². The maximum absolute atomic E-state index is 12.9. The van der Waals surface area contributed by atoms with Crippen molar-refractivity contribution in [2.75, 3.05) is 6.54 Å². The zero-order valence-electron chi connectivity index (χ0n) is 13.2. The molecule has 0 spiro atoms. The highest BCUT2D eigenvalue weighted by atomic mass is 79.9. The van der Waals surface area contributed by atoms with Crippen molar-refractivity contribution in [2.45, 2.75) is 6.18 Å². The molecule has 0 atom stereocenters. The number of halogens is 4. The summed E-state index contributed by atoms with van der Waals surface area (Å²) in [5, 5.41) is 5.84. The highest BCUT2D eigenvalue weighted by Crippen LogP contribution is 2.31. The lowest BCUT2D eigenvalue weighted by Crippen LogP contribution is -2.35. The van der Waals surface area contributed by atoms with Gasteiger partial charge in [0.1, 0.15) is 0 Å². The molecule has 2 N–H and O–H groups in total. The van der Waals surface area contributed by atoms with Gasteiger partial charge in [0.15, 0.2) is 0 Å². The molecule has 0 aliphatic carbocycles. The molecule has 26 heavy (non-hydrogen) atoms. The largest absolute Gasteiger partial charge is 0.417 e. The first-order valence-electron chi connectivity index (χ1n) is 7.29. The van der Waals surface area contributed by atoms with Crippen molar-refractivity contribution >= 4 is 34.0 Å². The third-order valence-electron chi connectivity index (χ3n) is 3.16. The topological polar surface area (TPSA) is 70.6 Å². The summed E-state index contributed by atoms with van der Waals surface area (Å²) in [4.78, 5) is 23.5. The Morgan fingerprint density at radius 3 is 2.38 bits per heavy atom. The molecule has 0 aliphatic rings. The molecule has 0 radical (unpaired) electrons. The van der Waals surface area contributed by atoms with Gasteiger partial charge >= 0.3 is 6.18 Å². The van der Waals surface area contributed by atoms with E-state index in [1.54, 1.807) is 24.3 Å². The summed E-state index contributed by atoms with van der Waals surface area (Å²) in [7, 11) is 0. The first kappa shape index (κ1) is 19.6. The van der Waals surface area contributed by atoms with Crippen LogP contribution in [-0.4, -0.2) is 24.6 Å². The van der Waals surface area contributed by atoms with Gasteiger partial charge in [-0.2, -0.15) is 18.3 Å². The van der Waals surface area contributed by atoms with E-state index in [-0.39, 0.29) is 0 Å². The van der Waals surface area contributed by atoms with Crippen LogP contribution in [0, 0.1) is 0 Å². The molecular formula is C17H13BrF3N3O2. The number of nitrogens with one attached hydrogen (secondary N) is 2. The first-order chi connectivity index (χ1) is 12.3. The Morgan fingerprint density at radius 1 is 1.08 bits per heavy atom. The van der Waals surface area contributed by atoms with E-state index >= 15 is 0 Å². The number of rotatable bonds is 5. The van der Waals surface area contributed by atoms with Crippen LogP contribution in [0.25, 0.3) is 0 Å². The van der Waals surface area contributed by atoms with Gasteiger partial charge in [-0.3, -0.25) is 9.59 Å². The minimum absolute atomic E-state index is 0.511. The Morgan fingerprint density at radius 2 is 1.73 bits per heavy atom. The fourth-order valence-electron chi connectivity index (χ4n) is 1.95. The van der Waals surface area contributed by atoms with Gasteiger partial charge in [-0.1, -0.05) is 40.2 Å². The van der Waals surface area contributed by atoms with Gasteiger partial charge in [0, 0.05) is 4.47 Å². The second-order valence-corrected chi connectivity index (χ2v) is 5.99. The Kier molecular flexibility index (Phi) is 6.51. The van der Waals surface area contributed by atoms with Crippen LogP contribution in [0.3, 0.4) is 0 Å². The Balaban J connectivity index is 1.89. The predicted octanol–water partition coefficient (Wildman–Crippen LogP) is 3.35. The van der Waals surface area contributed by atoms with Crippen molar-refractivity contribution in [2.24, 2.45) is 5.10 Å². The Bertz CT molecular complexity index is 821. The molecule has 0 fully saturated rings. The number of carbonyl (C=O) groups is 2. The third kappa shape index (κ3) is 5.69. The second kappa shape index (κ2) is 8.61. The summed E-state index contributed by atoms with van der Waals surface area (Å²) in [5.74, 6) is -1.67. The lowest BCUT2D eigenvalue weighted by molar-refractivity contribution is -0.137. The van der Waals surface area contributed by atoms with E-state index < -0.39 is 35.7 Å². The van der Waals surface area contributed by atoms with Crippen LogP contribution in [0.5, 0.6) is 0 Å². The number of nitrogens with zero attached hydrogens (tertiary/aromatic N) is 1. The van der Waals surface area contributed by atoms with Crippen LogP contribution in [0.1, 0.15) is 21.5 Å². The second-order valence-electron chi connectivity index (χ2n) is 5.07. The van der Waals surface area contributed by atoms with Crippen molar-refractivity contribution in [3.63, 3.8) is 0 Å². The van der Waals surface area contributed by atoms with E-state index in [9.17, 15) is 22.8 Å². The van der Waals surface area contributed by atoms with Gasteiger partial charge in [-0.05, 0) is 29.8 Å². The highest BCUT2D eigenvalue weighted by molar-refractivity contribution is 9.10. The summed E-state index contributed by atoms with van der Waals surface area (Å²) in [5.41, 5.74) is 1.30. The van der Waals surface area contributed by atoms with E-state index in [2.05, 4.69) is 31.8 Å². The van der Waals surface area contributed by atoms with Gasteiger partial charge < -0.3 is 5.32 Å². The maximum atomic E-state index is 12.9. The first-order valence-corrected chi connectivity index (χ1v) is 8.08. The zero-order valence-corrected chi connectivity index (χ0v) is 14.8. The molecule has 0 aromatic heterocycles. The lowest BCUT2D eigenvalue weighted by atomic mass is 10.1. The molecule has 0 aliphatic heterocycles. The molecule has 0 unspecified atom stereocenters. The maximum Gasteiger partial charge on any atom is 0.417 e. The van der Waals surface area contributed by atoms with E-state index in [0.29, 0.717) is 0 Å². The normalized spacial score (nSPS) is 11.4. The highest BCUT2D eigenvalue weighted by Gasteiger charge is 2.34. The molecule has 2 aromatic rings. The lowest BCUT2D eigenvalue weighted by Gasteiger charge is -2.12. The monoisotopic (exact) mass is 427 g/mol. The molecule has 0 saturated heterocycles. The Hall–Kier alpha value is -2.68. The van der Waals surface area contributed by atoms with Crippen LogP contribution in [0.2, 0.25) is 0 Å². The van der Waals surface area contributed by atoms with E-state index in [0.717, 1.165) is 22.2 Å². The number of alkyl halides is 3. The number of hydrogen-bond acceptors (Lipinski definition) is 3. The predicted molar refractivity (Wildman–Crippen MR) is 93.7 cm³/mol. The number of hydrogen-bond donors (Lipinski definition) is 2. The fraction of sp³-hybridized carbons (Fsp3) is 0.118. The van der Waals surface area contributed by atoms with Crippen molar-refractivity contribution in [1.82, 2.24) is 10.7 Å². The summed E-state index contributed by atoms with van der Waals surface area (Å²) >= 11 is 3.28. The van der Waals surface area contributed by atoms with E-state index in [1.165, 1.54) is 18.3 Å². The van der Waals surface area contributed by atoms with Crippen molar-refractivity contribution in [3.05, 3.63) is 69.7 Å². The van der Waals surface area contributed by atoms with Crippen LogP contribution >= 0.6 is 15.9 Å². The van der Waals surface area contributed by atoms with Crippen molar-refractivity contribution in [3.8, 4) is 0 Å². The average Bonchev–Trinajstić information content (AvgIpc) is 2.60. The van der Waals surface area contributed by atoms with Gasteiger partial charge in [-0.15, -0.1) is 0 Å². The summed E-state index contributed by atoms with van der Waals surface area (Å²) in [6, 6.07) is 11.4. The van der Waals surface area contributed by atoms with Gasteiger partial charge in [-0.25, -0.2) is 5.43 Å². The molecule has 0 saturated carbocycles. The number of benzene rings is 2. The smallest absolute Gasteiger partial charge is 0.343 e. The van der Waals surface area contributed by atoms with Gasteiger partial charge in [0.05, 0.1) is 23.9 Å².